The molecule has 2 heterocycles. The van der Waals surface area contributed by atoms with Gasteiger partial charge in [0.15, 0.2) is 5.82 Å². The van der Waals surface area contributed by atoms with Crippen molar-refractivity contribution in [1.82, 2.24) is 10.3 Å². The molecule has 0 bridgehead atoms. The number of amides is 1. The maximum Gasteiger partial charge on any atom is 0.407 e. The number of aromatic nitrogens is 1. The van der Waals surface area contributed by atoms with Crippen LogP contribution in [-0.4, -0.2) is 35.8 Å². The third kappa shape index (κ3) is 4.69. The van der Waals surface area contributed by atoms with Crippen LogP contribution < -0.4 is 10.2 Å². The van der Waals surface area contributed by atoms with Gasteiger partial charge in [-0.2, -0.15) is 0 Å². The smallest absolute Gasteiger partial charge is 0.407 e. The second kappa shape index (κ2) is 7.89. The minimum Gasteiger partial charge on any atom is -0.444 e. The lowest BCUT2D eigenvalue weighted by atomic mass is 9.91. The number of piperidine rings is 1. The number of carbonyl (C=O) groups is 1. The summed E-state index contributed by atoms with van der Waals surface area (Å²) < 4.78 is 33.2. The molecule has 0 spiro atoms. The summed E-state index contributed by atoms with van der Waals surface area (Å²) in [5.41, 5.74) is 0.380. The molecule has 28 heavy (non-hydrogen) atoms. The van der Waals surface area contributed by atoms with Crippen LogP contribution in [-0.2, 0) is 4.74 Å². The minimum absolute atomic E-state index is 0.0841. The Kier molecular flexibility index (Phi) is 5.72. The third-order valence-electron chi connectivity index (χ3n) is 4.99. The molecule has 3 rings (SSSR count). The van der Waals surface area contributed by atoms with Crippen LogP contribution in [0.5, 0.6) is 0 Å². The number of fused-ring (bicyclic) bond motifs is 1. The molecule has 7 heteroatoms. The summed E-state index contributed by atoms with van der Waals surface area (Å²) in [7, 11) is 0. The van der Waals surface area contributed by atoms with E-state index < -0.39 is 23.3 Å². The molecule has 1 aromatic carbocycles. The molecule has 1 N–H and O–H groups in total. The Balaban J connectivity index is 1.77. The molecular weight excluding hydrogens is 364 g/mol. The second-order valence-corrected chi connectivity index (χ2v) is 8.40. The van der Waals surface area contributed by atoms with Gasteiger partial charge < -0.3 is 15.0 Å². The summed E-state index contributed by atoms with van der Waals surface area (Å²) in [6.07, 6.45) is 2.99. The summed E-state index contributed by atoms with van der Waals surface area (Å²) in [5, 5.41) is 3.38. The van der Waals surface area contributed by atoms with Crippen molar-refractivity contribution >= 4 is 22.7 Å². The number of halogens is 2. The van der Waals surface area contributed by atoms with Gasteiger partial charge in [0.05, 0.1) is 0 Å². The quantitative estimate of drug-likeness (QED) is 0.828. The average Bonchev–Trinajstić information content (AvgIpc) is 2.59. The van der Waals surface area contributed by atoms with E-state index in [1.807, 2.05) is 27.7 Å². The number of hydrogen-bond donors (Lipinski definition) is 1. The summed E-state index contributed by atoms with van der Waals surface area (Å²) in [4.78, 5) is 18.3. The van der Waals surface area contributed by atoms with Gasteiger partial charge in [0, 0.05) is 42.5 Å². The Morgan fingerprint density at radius 2 is 2.11 bits per heavy atom. The number of nitrogens with zero attached hydrogens (tertiary/aromatic N) is 2. The van der Waals surface area contributed by atoms with E-state index in [4.69, 9.17) is 4.74 Å². The van der Waals surface area contributed by atoms with Crippen LogP contribution in [0.4, 0.5) is 19.3 Å². The fourth-order valence-electron chi connectivity index (χ4n) is 3.69. The van der Waals surface area contributed by atoms with Crippen LogP contribution in [0.3, 0.4) is 0 Å². The predicted molar refractivity (Wildman–Crippen MR) is 105 cm³/mol. The standard InChI is InChI=1S/C21H27F2N3O2/c1-13(25-20(27)28-21(2,3)4)14-6-5-9-26(12-14)18-7-8-24-19-16(18)10-15(22)11-17(19)23/h7-8,10-11,13-14H,5-6,9,12H2,1-4H3,(H,25,27). The molecule has 1 aliphatic heterocycles. The lowest BCUT2D eigenvalue weighted by Gasteiger charge is -2.38. The zero-order chi connectivity index (χ0) is 20.5. The molecule has 5 nitrogen and oxygen atoms in total. The molecule has 2 unspecified atom stereocenters. The number of anilines is 1. The number of carbonyl (C=O) groups excluding carboxylic acids is 1. The monoisotopic (exact) mass is 391 g/mol. The largest absolute Gasteiger partial charge is 0.444 e. The van der Waals surface area contributed by atoms with Crippen LogP contribution in [0.2, 0.25) is 0 Å². The highest BCUT2D eigenvalue weighted by Gasteiger charge is 2.28. The zero-order valence-corrected chi connectivity index (χ0v) is 16.8. The van der Waals surface area contributed by atoms with Crippen molar-refractivity contribution in [2.24, 2.45) is 5.92 Å². The van der Waals surface area contributed by atoms with Gasteiger partial charge in [0.25, 0.3) is 0 Å². The first-order valence-electron chi connectivity index (χ1n) is 9.62. The van der Waals surface area contributed by atoms with E-state index >= 15 is 0 Å². The Morgan fingerprint density at radius 1 is 1.36 bits per heavy atom. The highest BCUT2D eigenvalue weighted by Crippen LogP contribution is 2.32. The van der Waals surface area contributed by atoms with E-state index in [1.54, 1.807) is 12.3 Å². The van der Waals surface area contributed by atoms with Crippen molar-refractivity contribution in [2.75, 3.05) is 18.0 Å². The van der Waals surface area contributed by atoms with Gasteiger partial charge >= 0.3 is 6.09 Å². The van der Waals surface area contributed by atoms with Gasteiger partial charge in [0.1, 0.15) is 16.9 Å². The Hall–Kier alpha value is -2.44. The van der Waals surface area contributed by atoms with E-state index in [-0.39, 0.29) is 17.5 Å². The van der Waals surface area contributed by atoms with Gasteiger partial charge in [0.2, 0.25) is 0 Å². The molecule has 2 aromatic rings. The van der Waals surface area contributed by atoms with Crippen LogP contribution in [0.25, 0.3) is 10.9 Å². The topological polar surface area (TPSA) is 54.5 Å². The Labute approximate surface area is 164 Å². The zero-order valence-electron chi connectivity index (χ0n) is 16.8. The minimum atomic E-state index is -0.662. The highest BCUT2D eigenvalue weighted by atomic mass is 19.1. The van der Waals surface area contributed by atoms with E-state index in [2.05, 4.69) is 15.2 Å². The first-order valence-corrected chi connectivity index (χ1v) is 9.62. The van der Waals surface area contributed by atoms with Gasteiger partial charge in [-0.15, -0.1) is 0 Å². The Morgan fingerprint density at radius 3 is 2.82 bits per heavy atom. The third-order valence-corrected chi connectivity index (χ3v) is 4.99. The molecule has 0 aliphatic carbocycles. The molecule has 1 saturated heterocycles. The fourth-order valence-corrected chi connectivity index (χ4v) is 3.69. The summed E-state index contributed by atoms with van der Waals surface area (Å²) in [6, 6.07) is 3.88. The maximum absolute atomic E-state index is 14.1. The van der Waals surface area contributed by atoms with Crippen molar-refractivity contribution < 1.29 is 18.3 Å². The van der Waals surface area contributed by atoms with E-state index in [0.29, 0.717) is 11.9 Å². The number of alkyl carbamates (subject to hydrolysis) is 1. The van der Waals surface area contributed by atoms with Crippen LogP contribution in [0, 0.1) is 17.6 Å². The van der Waals surface area contributed by atoms with Crippen molar-refractivity contribution in [2.45, 2.75) is 52.2 Å². The molecule has 0 radical (unpaired) electrons. The maximum atomic E-state index is 14.1. The van der Waals surface area contributed by atoms with E-state index in [0.717, 1.165) is 31.1 Å². The Bertz CT molecular complexity index is 867. The van der Waals surface area contributed by atoms with Crippen molar-refractivity contribution in [3.8, 4) is 0 Å². The molecular formula is C21H27F2N3O2. The number of pyridine rings is 1. The molecule has 1 aliphatic rings. The van der Waals surface area contributed by atoms with Gasteiger partial charge in [-0.3, -0.25) is 4.98 Å². The number of benzene rings is 1. The fraction of sp³-hybridized carbons (Fsp3) is 0.524. The van der Waals surface area contributed by atoms with Crippen LogP contribution in [0.1, 0.15) is 40.5 Å². The molecule has 152 valence electrons. The molecule has 1 fully saturated rings. The predicted octanol–water partition coefficient (Wildman–Crippen LogP) is 4.64. The highest BCUT2D eigenvalue weighted by molar-refractivity contribution is 5.92. The van der Waals surface area contributed by atoms with Gasteiger partial charge in [-0.1, -0.05) is 0 Å². The van der Waals surface area contributed by atoms with Gasteiger partial charge in [-0.25, -0.2) is 13.6 Å². The average molecular weight is 391 g/mol. The number of nitrogens with one attached hydrogen (secondary N) is 1. The van der Waals surface area contributed by atoms with E-state index in [9.17, 15) is 13.6 Å². The van der Waals surface area contributed by atoms with Crippen LogP contribution in [0.15, 0.2) is 24.4 Å². The van der Waals surface area contributed by atoms with Crippen LogP contribution >= 0.6 is 0 Å². The van der Waals surface area contributed by atoms with Crippen molar-refractivity contribution in [1.29, 1.82) is 0 Å². The van der Waals surface area contributed by atoms with Crippen molar-refractivity contribution in [3.05, 3.63) is 36.0 Å². The first-order chi connectivity index (χ1) is 13.1. The second-order valence-electron chi connectivity index (χ2n) is 8.40. The van der Waals surface area contributed by atoms with Crippen molar-refractivity contribution in [3.63, 3.8) is 0 Å². The lowest BCUT2D eigenvalue weighted by Crippen LogP contribution is -2.47. The summed E-state index contributed by atoms with van der Waals surface area (Å²) in [6.45, 7) is 8.90. The summed E-state index contributed by atoms with van der Waals surface area (Å²) >= 11 is 0. The normalized spacial score (nSPS) is 18.8. The van der Waals surface area contributed by atoms with Gasteiger partial charge in [-0.05, 0) is 58.6 Å². The number of hydrogen-bond acceptors (Lipinski definition) is 4. The molecule has 0 saturated carbocycles. The molecule has 1 amide bonds. The van der Waals surface area contributed by atoms with E-state index in [1.165, 1.54) is 6.07 Å². The molecule has 1 aromatic heterocycles. The lowest BCUT2D eigenvalue weighted by molar-refractivity contribution is 0.0489. The summed E-state index contributed by atoms with van der Waals surface area (Å²) in [5.74, 6) is -1.08. The molecule has 2 atom stereocenters. The number of rotatable bonds is 3. The number of ether oxygens (including phenoxy) is 1. The first kappa shape index (κ1) is 20.3. The SMILES string of the molecule is CC(NC(=O)OC(C)(C)C)C1CCCN(c2ccnc3c(F)cc(F)cc23)C1.